The number of likely N-dealkylation sites (tertiary alicyclic amines) is 1. The van der Waals surface area contributed by atoms with Gasteiger partial charge in [0, 0.05) is 51.3 Å². The van der Waals surface area contributed by atoms with Gasteiger partial charge in [0.05, 0.1) is 24.8 Å². The Morgan fingerprint density at radius 1 is 1.30 bits per heavy atom. The molecule has 0 amide bonds. The molecule has 122 valence electrons. The maximum absolute atomic E-state index is 6.18. The Kier molecular flexibility index (Phi) is 3.74. The fourth-order valence-electron chi connectivity index (χ4n) is 3.59. The van der Waals surface area contributed by atoms with Gasteiger partial charge in [-0.2, -0.15) is 0 Å². The van der Waals surface area contributed by atoms with Crippen LogP contribution in [0.25, 0.3) is 0 Å². The smallest absolute Gasteiger partial charge is 0.222 e. The van der Waals surface area contributed by atoms with Gasteiger partial charge >= 0.3 is 0 Å². The van der Waals surface area contributed by atoms with Gasteiger partial charge in [-0.05, 0) is 12.5 Å². The van der Waals surface area contributed by atoms with Crippen LogP contribution in [0.5, 0.6) is 0 Å². The highest BCUT2D eigenvalue weighted by Crippen LogP contribution is 2.36. The van der Waals surface area contributed by atoms with Crippen molar-refractivity contribution in [1.29, 1.82) is 0 Å². The van der Waals surface area contributed by atoms with E-state index in [0.29, 0.717) is 12.6 Å². The van der Waals surface area contributed by atoms with E-state index in [4.69, 9.17) is 4.74 Å². The Bertz CT molecular complexity index is 660. The van der Waals surface area contributed by atoms with Crippen LogP contribution in [0.4, 0.5) is 5.95 Å². The van der Waals surface area contributed by atoms with Crippen LogP contribution >= 0.6 is 0 Å². The van der Waals surface area contributed by atoms with E-state index >= 15 is 0 Å². The van der Waals surface area contributed by atoms with Crippen LogP contribution in [0.2, 0.25) is 0 Å². The van der Waals surface area contributed by atoms with E-state index in [-0.39, 0.29) is 11.6 Å². The second-order valence-electron chi connectivity index (χ2n) is 6.53. The minimum Gasteiger partial charge on any atom is -0.371 e. The molecule has 0 aromatic carbocycles. The number of anilines is 1. The van der Waals surface area contributed by atoms with E-state index in [1.165, 1.54) is 0 Å². The zero-order chi connectivity index (χ0) is 15.7. The molecule has 7 heteroatoms. The molecule has 1 N–H and O–H groups in total. The molecule has 0 aliphatic carbocycles. The first-order valence-electron chi connectivity index (χ1n) is 8.09. The van der Waals surface area contributed by atoms with E-state index in [2.05, 4.69) is 29.7 Å². The molecule has 2 saturated heterocycles. The van der Waals surface area contributed by atoms with Gasteiger partial charge in [-0.3, -0.25) is 4.90 Å². The van der Waals surface area contributed by atoms with Gasteiger partial charge in [-0.25, -0.2) is 15.0 Å². The van der Waals surface area contributed by atoms with Crippen LogP contribution in [0, 0.1) is 0 Å². The highest BCUT2D eigenvalue weighted by Gasteiger charge is 2.45. The average Bonchev–Trinajstić information content (AvgIpc) is 3.25. The molecule has 2 fully saturated rings. The Labute approximate surface area is 135 Å². The molecule has 4 rings (SSSR count). The summed E-state index contributed by atoms with van der Waals surface area (Å²) in [6.45, 7) is 3.62. The van der Waals surface area contributed by atoms with Crippen LogP contribution in [0.3, 0.4) is 0 Å². The predicted octanol–water partition coefficient (Wildman–Crippen LogP) is 1.06. The molecule has 0 unspecified atom stereocenters. The summed E-state index contributed by atoms with van der Waals surface area (Å²) >= 11 is 0. The summed E-state index contributed by atoms with van der Waals surface area (Å²) in [7, 11) is 2.04. The lowest BCUT2D eigenvalue weighted by Gasteiger charge is -2.23. The lowest BCUT2D eigenvalue weighted by Crippen LogP contribution is -2.33. The summed E-state index contributed by atoms with van der Waals surface area (Å²) < 4.78 is 8.26. The molecule has 2 atom stereocenters. The quantitative estimate of drug-likeness (QED) is 0.910. The molecule has 1 spiro atoms. The molecule has 2 aromatic heterocycles. The third kappa shape index (κ3) is 3.07. The molecule has 2 aromatic rings. The Morgan fingerprint density at radius 2 is 2.17 bits per heavy atom. The van der Waals surface area contributed by atoms with Crippen molar-refractivity contribution in [2.24, 2.45) is 7.05 Å². The van der Waals surface area contributed by atoms with E-state index in [9.17, 15) is 0 Å². The predicted molar refractivity (Wildman–Crippen MR) is 85.8 cm³/mol. The molecular formula is C16H22N6O. The largest absolute Gasteiger partial charge is 0.371 e. The van der Waals surface area contributed by atoms with Gasteiger partial charge in [0.2, 0.25) is 5.95 Å². The van der Waals surface area contributed by atoms with Gasteiger partial charge < -0.3 is 14.6 Å². The van der Waals surface area contributed by atoms with Crippen molar-refractivity contribution in [3.05, 3.63) is 36.7 Å². The minimum atomic E-state index is -0.0301. The first-order valence-corrected chi connectivity index (χ1v) is 8.09. The zero-order valence-electron chi connectivity index (χ0n) is 13.4. The van der Waals surface area contributed by atoms with Gasteiger partial charge in [0.1, 0.15) is 5.82 Å². The summed E-state index contributed by atoms with van der Waals surface area (Å²) in [5, 5.41) is 3.38. The van der Waals surface area contributed by atoms with Gasteiger partial charge in [-0.1, -0.05) is 0 Å². The van der Waals surface area contributed by atoms with Crippen molar-refractivity contribution in [3.8, 4) is 0 Å². The topological polar surface area (TPSA) is 68.1 Å². The molecule has 0 radical (unpaired) electrons. The number of hydrogen-bond donors (Lipinski definition) is 1. The Hall–Kier alpha value is -1.99. The standard InChI is InChI=1S/C16H22N6O/c1-21-8-6-17-14(21)10-22-7-3-16(12-22)9-13(11-23-16)20-15-18-4-2-5-19-15/h2,4-6,8,13H,3,7,9-12H2,1H3,(H,18,19,20)/t13-,16-/m0/s1. The molecule has 0 bridgehead atoms. The minimum absolute atomic E-state index is 0.0301. The van der Waals surface area contributed by atoms with Crippen molar-refractivity contribution in [2.45, 2.75) is 31.0 Å². The van der Waals surface area contributed by atoms with E-state index in [1.54, 1.807) is 12.4 Å². The van der Waals surface area contributed by atoms with E-state index in [0.717, 1.165) is 38.3 Å². The van der Waals surface area contributed by atoms with E-state index < -0.39 is 0 Å². The highest BCUT2D eigenvalue weighted by atomic mass is 16.5. The number of hydrogen-bond acceptors (Lipinski definition) is 6. The van der Waals surface area contributed by atoms with Crippen LogP contribution < -0.4 is 5.32 Å². The molecule has 2 aliphatic rings. The number of imidazole rings is 1. The number of nitrogens with zero attached hydrogens (tertiary/aromatic N) is 5. The molecule has 4 heterocycles. The maximum Gasteiger partial charge on any atom is 0.222 e. The van der Waals surface area contributed by atoms with Crippen molar-refractivity contribution < 1.29 is 4.74 Å². The molecule has 0 saturated carbocycles. The van der Waals surface area contributed by atoms with Crippen LogP contribution in [-0.2, 0) is 18.3 Å². The van der Waals surface area contributed by atoms with Crippen molar-refractivity contribution >= 4 is 5.95 Å². The molecule has 2 aliphatic heterocycles. The Balaban J connectivity index is 1.35. The van der Waals surface area contributed by atoms with Crippen LogP contribution in [0.15, 0.2) is 30.9 Å². The summed E-state index contributed by atoms with van der Waals surface area (Å²) in [5.41, 5.74) is -0.0301. The van der Waals surface area contributed by atoms with Gasteiger partial charge in [0.15, 0.2) is 0 Å². The summed E-state index contributed by atoms with van der Waals surface area (Å²) in [4.78, 5) is 15.3. The average molecular weight is 314 g/mol. The second kappa shape index (κ2) is 5.90. The zero-order valence-corrected chi connectivity index (χ0v) is 13.4. The van der Waals surface area contributed by atoms with Crippen LogP contribution in [0.1, 0.15) is 18.7 Å². The monoisotopic (exact) mass is 314 g/mol. The molecule has 7 nitrogen and oxygen atoms in total. The first kappa shape index (κ1) is 14.6. The van der Waals surface area contributed by atoms with Crippen molar-refractivity contribution in [2.75, 3.05) is 25.0 Å². The third-order valence-electron chi connectivity index (χ3n) is 4.79. The number of nitrogens with one attached hydrogen (secondary N) is 1. The number of aryl methyl sites for hydroxylation is 1. The lowest BCUT2D eigenvalue weighted by atomic mass is 9.97. The fraction of sp³-hybridized carbons (Fsp3) is 0.562. The summed E-state index contributed by atoms with van der Waals surface area (Å²) in [5.74, 6) is 1.79. The van der Waals surface area contributed by atoms with Crippen LogP contribution in [-0.4, -0.2) is 55.8 Å². The molecule has 23 heavy (non-hydrogen) atoms. The number of aromatic nitrogens is 4. The lowest BCUT2D eigenvalue weighted by molar-refractivity contribution is 0.0117. The van der Waals surface area contributed by atoms with E-state index in [1.807, 2.05) is 25.5 Å². The van der Waals surface area contributed by atoms with Crippen molar-refractivity contribution in [3.63, 3.8) is 0 Å². The maximum atomic E-state index is 6.18. The fourth-order valence-corrected chi connectivity index (χ4v) is 3.59. The summed E-state index contributed by atoms with van der Waals surface area (Å²) in [6.07, 6.45) is 9.43. The normalized spacial score (nSPS) is 27.8. The number of rotatable bonds is 4. The van der Waals surface area contributed by atoms with Gasteiger partial charge in [0.25, 0.3) is 0 Å². The van der Waals surface area contributed by atoms with Crippen molar-refractivity contribution in [1.82, 2.24) is 24.4 Å². The second-order valence-corrected chi connectivity index (χ2v) is 6.53. The SMILES string of the molecule is Cn1ccnc1CN1CC[C@]2(C[C@H](Nc3ncccn3)CO2)C1. The Morgan fingerprint density at radius 3 is 2.96 bits per heavy atom. The summed E-state index contributed by atoms with van der Waals surface area (Å²) in [6, 6.07) is 2.11. The number of ether oxygens (including phenoxy) is 1. The van der Waals surface area contributed by atoms with Gasteiger partial charge in [-0.15, -0.1) is 0 Å². The highest BCUT2D eigenvalue weighted by molar-refractivity contribution is 5.25. The molecular weight excluding hydrogens is 292 g/mol. The first-order chi connectivity index (χ1) is 11.2. The third-order valence-corrected chi connectivity index (χ3v) is 4.79.